The van der Waals surface area contributed by atoms with Gasteiger partial charge in [0.1, 0.15) is 5.75 Å². The molecule has 1 aromatic rings. The van der Waals surface area contributed by atoms with Crippen LogP contribution in [0.4, 0.5) is 0 Å². The second-order valence-corrected chi connectivity index (χ2v) is 5.22. The Morgan fingerprint density at radius 1 is 1.29 bits per heavy atom. The minimum absolute atomic E-state index is 0.187. The maximum Gasteiger partial charge on any atom is 0.220 e. The molecule has 5 heteroatoms. The Labute approximate surface area is 125 Å². The monoisotopic (exact) mass is 295 g/mol. The van der Waals surface area contributed by atoms with Crippen molar-refractivity contribution < 1.29 is 19.7 Å². The lowest BCUT2D eigenvalue weighted by atomic mass is 9.98. The fourth-order valence-corrected chi connectivity index (χ4v) is 1.93. The summed E-state index contributed by atoms with van der Waals surface area (Å²) in [6.07, 6.45) is 1.36. The van der Waals surface area contributed by atoms with Crippen molar-refractivity contribution in [1.29, 1.82) is 0 Å². The highest BCUT2D eigenvalue weighted by Gasteiger charge is 2.28. The first-order chi connectivity index (χ1) is 10.1. The van der Waals surface area contributed by atoms with Gasteiger partial charge in [0.15, 0.2) is 0 Å². The number of rotatable bonds is 9. The van der Waals surface area contributed by atoms with E-state index < -0.39 is 5.54 Å². The van der Waals surface area contributed by atoms with Crippen LogP contribution in [0.2, 0.25) is 0 Å². The lowest BCUT2D eigenvalue weighted by Crippen LogP contribution is -2.53. The molecular formula is C16H25NO4. The Bertz CT molecular complexity index is 435. The van der Waals surface area contributed by atoms with Gasteiger partial charge in [0, 0.05) is 6.42 Å². The number of nitrogens with one attached hydrogen (secondary N) is 1. The van der Waals surface area contributed by atoms with Crippen molar-refractivity contribution in [1.82, 2.24) is 5.32 Å². The molecule has 0 unspecified atom stereocenters. The van der Waals surface area contributed by atoms with Crippen molar-refractivity contribution >= 4 is 5.91 Å². The van der Waals surface area contributed by atoms with Gasteiger partial charge in [-0.05, 0) is 31.4 Å². The van der Waals surface area contributed by atoms with Gasteiger partial charge in [0.05, 0.1) is 25.4 Å². The van der Waals surface area contributed by atoms with E-state index in [9.17, 15) is 15.0 Å². The van der Waals surface area contributed by atoms with Crippen LogP contribution in [0, 0.1) is 6.92 Å². The molecule has 0 aliphatic rings. The van der Waals surface area contributed by atoms with Crippen LogP contribution in [0.25, 0.3) is 0 Å². The van der Waals surface area contributed by atoms with E-state index in [0.29, 0.717) is 25.9 Å². The van der Waals surface area contributed by atoms with Crippen LogP contribution >= 0.6 is 0 Å². The molecule has 21 heavy (non-hydrogen) atoms. The summed E-state index contributed by atoms with van der Waals surface area (Å²) in [7, 11) is 0. The Morgan fingerprint density at radius 2 is 1.95 bits per heavy atom. The zero-order chi connectivity index (χ0) is 15.7. The highest BCUT2D eigenvalue weighted by Crippen LogP contribution is 2.16. The second-order valence-electron chi connectivity index (χ2n) is 5.22. The largest absolute Gasteiger partial charge is 0.493 e. The molecule has 0 atom stereocenters. The van der Waals surface area contributed by atoms with E-state index in [1.807, 2.05) is 38.1 Å². The predicted octanol–water partition coefficient (Wildman–Crippen LogP) is 1.40. The zero-order valence-corrected chi connectivity index (χ0v) is 12.8. The van der Waals surface area contributed by atoms with Gasteiger partial charge in [-0.25, -0.2) is 0 Å². The molecule has 0 fully saturated rings. The maximum atomic E-state index is 11.8. The van der Waals surface area contributed by atoms with Gasteiger partial charge in [-0.2, -0.15) is 0 Å². The van der Waals surface area contributed by atoms with Gasteiger partial charge in [-0.1, -0.05) is 25.1 Å². The number of hydrogen-bond acceptors (Lipinski definition) is 4. The predicted molar refractivity (Wildman–Crippen MR) is 81.2 cm³/mol. The molecule has 1 amide bonds. The molecule has 1 rings (SSSR count). The van der Waals surface area contributed by atoms with Crippen molar-refractivity contribution in [2.45, 2.75) is 38.6 Å². The number of aliphatic hydroxyl groups is 2. The van der Waals surface area contributed by atoms with E-state index in [2.05, 4.69) is 5.32 Å². The molecule has 0 radical (unpaired) electrons. The third-order valence-corrected chi connectivity index (χ3v) is 3.59. The molecule has 0 bridgehead atoms. The molecule has 0 aliphatic heterocycles. The normalized spacial score (nSPS) is 11.2. The number of benzene rings is 1. The maximum absolute atomic E-state index is 11.8. The number of hydrogen-bond donors (Lipinski definition) is 3. The molecule has 0 aromatic heterocycles. The number of amides is 1. The van der Waals surface area contributed by atoms with E-state index in [1.54, 1.807) is 0 Å². The number of carbonyl (C=O) groups is 1. The highest BCUT2D eigenvalue weighted by atomic mass is 16.5. The molecule has 3 N–H and O–H groups in total. The number of ether oxygens (including phenoxy) is 1. The summed E-state index contributed by atoms with van der Waals surface area (Å²) in [5.74, 6) is 0.639. The lowest BCUT2D eigenvalue weighted by Gasteiger charge is -2.29. The van der Waals surface area contributed by atoms with Gasteiger partial charge in [0.25, 0.3) is 0 Å². The van der Waals surface area contributed by atoms with Crippen molar-refractivity contribution in [2.75, 3.05) is 19.8 Å². The number of aryl methyl sites for hydroxylation is 1. The summed E-state index contributed by atoms with van der Waals surface area (Å²) in [4.78, 5) is 11.8. The van der Waals surface area contributed by atoms with E-state index in [1.165, 1.54) is 0 Å². The molecule has 0 heterocycles. The van der Waals surface area contributed by atoms with Crippen molar-refractivity contribution in [2.24, 2.45) is 0 Å². The minimum Gasteiger partial charge on any atom is -0.493 e. The van der Waals surface area contributed by atoms with Gasteiger partial charge in [-0.15, -0.1) is 0 Å². The fraction of sp³-hybridized carbons (Fsp3) is 0.562. The second kappa shape index (κ2) is 8.64. The summed E-state index contributed by atoms with van der Waals surface area (Å²) in [6, 6.07) is 7.73. The third-order valence-electron chi connectivity index (χ3n) is 3.59. The molecule has 5 nitrogen and oxygen atoms in total. The smallest absolute Gasteiger partial charge is 0.220 e. The van der Waals surface area contributed by atoms with Crippen LogP contribution in [0.1, 0.15) is 31.7 Å². The Morgan fingerprint density at radius 3 is 2.52 bits per heavy atom. The van der Waals surface area contributed by atoms with Crippen LogP contribution in [0.5, 0.6) is 5.75 Å². The average molecular weight is 295 g/mol. The van der Waals surface area contributed by atoms with Gasteiger partial charge < -0.3 is 20.3 Å². The van der Waals surface area contributed by atoms with E-state index in [-0.39, 0.29) is 19.1 Å². The van der Waals surface area contributed by atoms with Gasteiger partial charge in [-0.3, -0.25) is 4.79 Å². The van der Waals surface area contributed by atoms with Crippen molar-refractivity contribution in [3.8, 4) is 5.75 Å². The number of carbonyl (C=O) groups excluding carboxylic acids is 1. The standard InChI is InChI=1S/C16H25NO4/c1-3-16(11-18,12-19)17-15(20)9-6-10-21-14-8-5-4-7-13(14)2/h4-5,7-8,18-19H,3,6,9-12H2,1-2H3,(H,17,20). The molecule has 0 aliphatic carbocycles. The fourth-order valence-electron chi connectivity index (χ4n) is 1.93. The first kappa shape index (κ1) is 17.5. The molecule has 1 aromatic carbocycles. The number of para-hydroxylation sites is 1. The summed E-state index contributed by atoms with van der Waals surface area (Å²) in [6.45, 7) is 3.70. The van der Waals surface area contributed by atoms with Gasteiger partial charge >= 0.3 is 0 Å². The van der Waals surface area contributed by atoms with E-state index in [0.717, 1.165) is 11.3 Å². The molecule has 0 saturated carbocycles. The van der Waals surface area contributed by atoms with Crippen LogP contribution in [-0.4, -0.2) is 41.5 Å². The third kappa shape index (κ3) is 5.36. The molecule has 0 saturated heterocycles. The Balaban J connectivity index is 2.32. The summed E-state index contributed by atoms with van der Waals surface area (Å²) < 4.78 is 5.62. The first-order valence-corrected chi connectivity index (χ1v) is 7.28. The lowest BCUT2D eigenvalue weighted by molar-refractivity contribution is -0.124. The average Bonchev–Trinajstić information content (AvgIpc) is 2.51. The Hall–Kier alpha value is -1.59. The quantitative estimate of drug-likeness (QED) is 0.602. The van der Waals surface area contributed by atoms with Gasteiger partial charge in [0.2, 0.25) is 5.91 Å². The van der Waals surface area contributed by atoms with Crippen molar-refractivity contribution in [3.63, 3.8) is 0 Å². The van der Waals surface area contributed by atoms with Crippen LogP contribution in [-0.2, 0) is 4.79 Å². The van der Waals surface area contributed by atoms with Crippen LogP contribution in [0.15, 0.2) is 24.3 Å². The van der Waals surface area contributed by atoms with E-state index >= 15 is 0 Å². The van der Waals surface area contributed by atoms with Crippen molar-refractivity contribution in [3.05, 3.63) is 29.8 Å². The van der Waals surface area contributed by atoms with Crippen LogP contribution in [0.3, 0.4) is 0 Å². The first-order valence-electron chi connectivity index (χ1n) is 7.28. The number of aliphatic hydroxyl groups excluding tert-OH is 2. The Kier molecular flexibility index (Phi) is 7.19. The topological polar surface area (TPSA) is 78.8 Å². The zero-order valence-electron chi connectivity index (χ0n) is 12.8. The summed E-state index contributed by atoms with van der Waals surface area (Å²) >= 11 is 0. The minimum atomic E-state index is -0.923. The highest BCUT2D eigenvalue weighted by molar-refractivity contribution is 5.76. The molecule has 0 spiro atoms. The summed E-state index contributed by atoms with van der Waals surface area (Å²) in [5, 5.41) is 21.2. The van der Waals surface area contributed by atoms with E-state index in [4.69, 9.17) is 4.74 Å². The van der Waals surface area contributed by atoms with Crippen LogP contribution < -0.4 is 10.1 Å². The molecular weight excluding hydrogens is 270 g/mol. The SMILES string of the molecule is CCC(CO)(CO)NC(=O)CCCOc1ccccc1C. The summed E-state index contributed by atoms with van der Waals surface area (Å²) in [5.41, 5.74) is 0.140. The molecule has 118 valence electrons.